The van der Waals surface area contributed by atoms with Crippen molar-refractivity contribution in [2.75, 3.05) is 13.2 Å². The van der Waals surface area contributed by atoms with Crippen molar-refractivity contribution < 1.29 is 14.5 Å². The Balaban J connectivity index is 1.76. The second-order valence-corrected chi connectivity index (χ2v) is 8.88. The maximum absolute atomic E-state index is 12.9. The molecule has 0 saturated carbocycles. The highest BCUT2D eigenvalue weighted by Crippen LogP contribution is 2.29. The van der Waals surface area contributed by atoms with Crippen LogP contribution in [0.25, 0.3) is 20.3 Å². The summed E-state index contributed by atoms with van der Waals surface area (Å²) in [5.41, 5.74) is 0.925. The SMILES string of the molecule is CCOCCn1c(=NC(=O)c2cc3cc([N+](=O)[O-])ccc3s2)sc2cc(Cl)ccc21. The number of hydrogen-bond donors (Lipinski definition) is 0. The molecule has 2 aromatic heterocycles. The molecule has 2 heterocycles. The van der Waals surface area contributed by atoms with Gasteiger partial charge in [0, 0.05) is 40.4 Å². The minimum Gasteiger partial charge on any atom is -0.380 e. The molecule has 0 saturated heterocycles. The second-order valence-electron chi connectivity index (χ2n) is 6.35. The number of carbonyl (C=O) groups is 1. The molecule has 0 aliphatic heterocycles. The number of non-ortho nitro benzene ring substituents is 1. The molecule has 0 radical (unpaired) electrons. The number of fused-ring (bicyclic) bond motifs is 2. The standard InChI is InChI=1S/C20H16ClN3O4S2/c1-2-28-8-7-23-15-5-3-13(21)11-17(15)30-20(23)22-19(25)18-10-12-9-14(24(26)27)4-6-16(12)29-18/h3-6,9-11H,2,7-8H2,1H3. The summed E-state index contributed by atoms with van der Waals surface area (Å²) in [7, 11) is 0. The Hall–Kier alpha value is -2.59. The molecule has 0 atom stereocenters. The van der Waals surface area contributed by atoms with Gasteiger partial charge in [-0.2, -0.15) is 4.99 Å². The molecular formula is C20H16ClN3O4S2. The van der Waals surface area contributed by atoms with E-state index in [-0.39, 0.29) is 11.6 Å². The summed E-state index contributed by atoms with van der Waals surface area (Å²) in [6, 6.07) is 11.8. The summed E-state index contributed by atoms with van der Waals surface area (Å²) in [5.74, 6) is -0.387. The number of thiazole rings is 1. The van der Waals surface area contributed by atoms with Crippen molar-refractivity contribution in [1.29, 1.82) is 0 Å². The minimum atomic E-state index is -0.452. The molecule has 0 unspecified atom stereocenters. The molecule has 0 aliphatic rings. The summed E-state index contributed by atoms with van der Waals surface area (Å²) in [6.45, 7) is 3.59. The lowest BCUT2D eigenvalue weighted by molar-refractivity contribution is -0.384. The van der Waals surface area contributed by atoms with Gasteiger partial charge in [-0.15, -0.1) is 11.3 Å². The summed E-state index contributed by atoms with van der Waals surface area (Å²) < 4.78 is 9.15. The van der Waals surface area contributed by atoms with Gasteiger partial charge in [0.05, 0.1) is 26.6 Å². The van der Waals surface area contributed by atoms with Crippen LogP contribution >= 0.6 is 34.3 Å². The van der Waals surface area contributed by atoms with E-state index in [0.717, 1.165) is 14.9 Å². The first-order valence-electron chi connectivity index (χ1n) is 9.10. The Morgan fingerprint density at radius 3 is 2.80 bits per heavy atom. The summed E-state index contributed by atoms with van der Waals surface area (Å²) in [6.07, 6.45) is 0. The number of thiophene rings is 1. The quantitative estimate of drug-likeness (QED) is 0.223. The fourth-order valence-electron chi connectivity index (χ4n) is 3.04. The second kappa shape index (κ2) is 8.65. The lowest BCUT2D eigenvalue weighted by Gasteiger charge is -2.05. The molecule has 0 bridgehead atoms. The zero-order chi connectivity index (χ0) is 21.3. The fraction of sp³-hybridized carbons (Fsp3) is 0.200. The number of halogens is 1. The molecule has 10 heteroatoms. The van der Waals surface area contributed by atoms with Gasteiger partial charge in [0.15, 0.2) is 4.80 Å². The van der Waals surface area contributed by atoms with Crippen LogP contribution in [0, 0.1) is 10.1 Å². The highest BCUT2D eigenvalue weighted by atomic mass is 35.5. The number of ether oxygens (including phenoxy) is 1. The van der Waals surface area contributed by atoms with E-state index in [1.165, 1.54) is 34.8 Å². The van der Waals surface area contributed by atoms with Crippen molar-refractivity contribution >= 4 is 66.2 Å². The number of rotatable bonds is 6. The Labute approximate surface area is 184 Å². The van der Waals surface area contributed by atoms with Crippen LogP contribution < -0.4 is 4.80 Å². The molecular weight excluding hydrogens is 446 g/mol. The van der Waals surface area contributed by atoms with E-state index >= 15 is 0 Å². The fourth-order valence-corrected chi connectivity index (χ4v) is 5.30. The molecule has 4 aromatic rings. The van der Waals surface area contributed by atoms with Crippen molar-refractivity contribution in [1.82, 2.24) is 4.57 Å². The van der Waals surface area contributed by atoms with E-state index in [9.17, 15) is 14.9 Å². The predicted molar refractivity (Wildman–Crippen MR) is 120 cm³/mol. The lowest BCUT2D eigenvalue weighted by Crippen LogP contribution is -2.19. The Kier molecular flexibility index (Phi) is 5.96. The highest BCUT2D eigenvalue weighted by Gasteiger charge is 2.14. The van der Waals surface area contributed by atoms with Crippen LogP contribution in [0.4, 0.5) is 5.69 Å². The number of benzene rings is 2. The van der Waals surface area contributed by atoms with Crippen molar-refractivity contribution in [2.24, 2.45) is 4.99 Å². The summed E-state index contributed by atoms with van der Waals surface area (Å²) >= 11 is 8.77. The summed E-state index contributed by atoms with van der Waals surface area (Å²) in [4.78, 5) is 28.7. The van der Waals surface area contributed by atoms with Gasteiger partial charge in [0.25, 0.3) is 11.6 Å². The highest BCUT2D eigenvalue weighted by molar-refractivity contribution is 7.21. The van der Waals surface area contributed by atoms with E-state index in [2.05, 4.69) is 4.99 Å². The molecule has 0 aliphatic carbocycles. The maximum atomic E-state index is 12.9. The van der Waals surface area contributed by atoms with E-state index < -0.39 is 4.92 Å². The van der Waals surface area contributed by atoms with Crippen LogP contribution in [0.15, 0.2) is 47.5 Å². The van der Waals surface area contributed by atoms with Crippen molar-refractivity contribution in [3.8, 4) is 0 Å². The number of carbonyl (C=O) groups excluding carboxylic acids is 1. The third-order valence-electron chi connectivity index (χ3n) is 4.43. The third-order valence-corrected chi connectivity index (χ3v) is 6.81. The molecule has 2 aromatic carbocycles. The van der Waals surface area contributed by atoms with Crippen molar-refractivity contribution in [3.63, 3.8) is 0 Å². The predicted octanol–water partition coefficient (Wildman–Crippen LogP) is 5.26. The smallest absolute Gasteiger partial charge is 0.289 e. The molecule has 154 valence electrons. The van der Waals surface area contributed by atoms with Gasteiger partial charge in [-0.1, -0.05) is 22.9 Å². The molecule has 0 N–H and O–H groups in total. The number of nitrogens with zero attached hydrogens (tertiary/aromatic N) is 3. The van der Waals surface area contributed by atoms with Gasteiger partial charge in [-0.05, 0) is 37.3 Å². The number of nitro benzene ring substituents is 1. The van der Waals surface area contributed by atoms with Gasteiger partial charge >= 0.3 is 0 Å². The monoisotopic (exact) mass is 461 g/mol. The third kappa shape index (κ3) is 4.15. The Morgan fingerprint density at radius 2 is 2.03 bits per heavy atom. The van der Waals surface area contributed by atoms with Gasteiger partial charge in [0.2, 0.25) is 0 Å². The molecule has 7 nitrogen and oxygen atoms in total. The summed E-state index contributed by atoms with van der Waals surface area (Å²) in [5, 5.41) is 12.3. The number of nitro groups is 1. The van der Waals surface area contributed by atoms with E-state index in [1.807, 2.05) is 23.6 Å². The van der Waals surface area contributed by atoms with E-state index in [0.29, 0.717) is 39.8 Å². The van der Waals surface area contributed by atoms with Crippen LogP contribution in [-0.2, 0) is 11.3 Å². The van der Waals surface area contributed by atoms with Gasteiger partial charge in [0.1, 0.15) is 0 Å². The number of amides is 1. The van der Waals surface area contributed by atoms with Crippen LogP contribution in [0.1, 0.15) is 16.6 Å². The molecule has 30 heavy (non-hydrogen) atoms. The largest absolute Gasteiger partial charge is 0.380 e. The first-order chi connectivity index (χ1) is 14.5. The van der Waals surface area contributed by atoms with Gasteiger partial charge in [-0.25, -0.2) is 0 Å². The first kappa shape index (κ1) is 20.7. The average Bonchev–Trinajstić information content (AvgIpc) is 3.28. The van der Waals surface area contributed by atoms with Crippen molar-refractivity contribution in [3.05, 3.63) is 67.3 Å². The Bertz CT molecular complexity index is 1340. The normalized spacial score (nSPS) is 12.1. The zero-order valence-electron chi connectivity index (χ0n) is 15.8. The average molecular weight is 462 g/mol. The van der Waals surface area contributed by atoms with Crippen LogP contribution in [0.2, 0.25) is 5.02 Å². The lowest BCUT2D eigenvalue weighted by atomic mass is 10.2. The van der Waals surface area contributed by atoms with Crippen LogP contribution in [0.3, 0.4) is 0 Å². The van der Waals surface area contributed by atoms with Gasteiger partial charge < -0.3 is 9.30 Å². The van der Waals surface area contributed by atoms with E-state index in [1.54, 1.807) is 18.2 Å². The zero-order valence-corrected chi connectivity index (χ0v) is 18.2. The van der Waals surface area contributed by atoms with E-state index in [4.69, 9.17) is 16.3 Å². The number of aromatic nitrogens is 1. The Morgan fingerprint density at radius 1 is 1.20 bits per heavy atom. The molecule has 1 amide bonds. The van der Waals surface area contributed by atoms with Crippen LogP contribution in [0.5, 0.6) is 0 Å². The molecule has 0 spiro atoms. The van der Waals surface area contributed by atoms with Gasteiger partial charge in [-0.3, -0.25) is 14.9 Å². The van der Waals surface area contributed by atoms with Crippen molar-refractivity contribution in [2.45, 2.75) is 13.5 Å². The first-order valence-corrected chi connectivity index (χ1v) is 11.1. The molecule has 4 rings (SSSR count). The minimum absolute atomic E-state index is 0.00797. The molecule has 0 fully saturated rings. The maximum Gasteiger partial charge on any atom is 0.289 e. The number of hydrogen-bond acceptors (Lipinski definition) is 6. The van der Waals surface area contributed by atoms with Crippen LogP contribution in [-0.4, -0.2) is 28.6 Å². The topological polar surface area (TPSA) is 86.7 Å².